The summed E-state index contributed by atoms with van der Waals surface area (Å²) in [5.74, 6) is 2.47. The molecule has 8 atom stereocenters. The molecule has 4 nitrogen and oxygen atoms in total. The fourth-order valence-electron chi connectivity index (χ4n) is 8.75. The molecule has 0 unspecified atom stereocenters. The van der Waals surface area contributed by atoms with Crippen LogP contribution in [0.4, 0.5) is 0 Å². The molecule has 0 saturated heterocycles. The van der Waals surface area contributed by atoms with Crippen LogP contribution in [0.2, 0.25) is 19.6 Å². The molecule has 4 aliphatic rings. The van der Waals surface area contributed by atoms with Gasteiger partial charge in [0.15, 0.2) is 8.32 Å². The van der Waals surface area contributed by atoms with E-state index in [-0.39, 0.29) is 22.7 Å². The van der Waals surface area contributed by atoms with E-state index in [1.807, 2.05) is 0 Å². The maximum Gasteiger partial charge on any atom is 0.308 e. The highest BCUT2D eigenvalue weighted by atomic mass is 28.4. The Morgan fingerprint density at radius 3 is 2.30 bits per heavy atom. The summed E-state index contributed by atoms with van der Waals surface area (Å²) in [7, 11) is -0.279. The molecule has 0 aromatic carbocycles. The lowest BCUT2D eigenvalue weighted by atomic mass is 9.43. The third kappa shape index (κ3) is 3.12. The van der Waals surface area contributed by atoms with Gasteiger partial charge in [-0.3, -0.25) is 4.79 Å². The van der Waals surface area contributed by atoms with Crippen LogP contribution in [-0.4, -0.2) is 27.0 Å². The van der Waals surface area contributed by atoms with E-state index in [9.17, 15) is 10.1 Å². The van der Waals surface area contributed by atoms with Crippen LogP contribution in [0.5, 0.6) is 0 Å². The molecular formula is C25H41NO3Si. The van der Waals surface area contributed by atoms with E-state index in [0.29, 0.717) is 23.7 Å². The number of hydrogen-bond acceptors (Lipinski definition) is 4. The fourth-order valence-corrected chi connectivity index (χ4v) is 10.2. The van der Waals surface area contributed by atoms with E-state index in [0.717, 1.165) is 38.5 Å². The number of nitriles is 1. The number of esters is 1. The number of rotatable bonds is 3. The van der Waals surface area contributed by atoms with Crippen molar-refractivity contribution in [2.24, 2.45) is 40.4 Å². The van der Waals surface area contributed by atoms with Crippen LogP contribution in [0, 0.1) is 51.8 Å². The van der Waals surface area contributed by atoms with Gasteiger partial charge in [-0.2, -0.15) is 5.26 Å². The molecular weight excluding hydrogens is 390 g/mol. The van der Waals surface area contributed by atoms with Gasteiger partial charge in [0, 0.05) is 5.41 Å². The number of nitrogens with zero attached hydrogens (tertiary/aromatic N) is 1. The summed E-state index contributed by atoms with van der Waals surface area (Å²) in [5, 5.41) is 10.3. The summed E-state index contributed by atoms with van der Waals surface area (Å²) in [6.07, 6.45) is 9.99. The molecule has 0 bridgehead atoms. The summed E-state index contributed by atoms with van der Waals surface area (Å²) in [6.45, 7) is 11.5. The summed E-state index contributed by atoms with van der Waals surface area (Å²) in [5.41, 5.74) is -0.409. The van der Waals surface area contributed by atoms with Crippen molar-refractivity contribution in [2.75, 3.05) is 7.11 Å². The normalized spacial score (nSPS) is 48.1. The number of ether oxygens (including phenoxy) is 1. The SMILES string of the molecule is COC(=O)[C@@H]1CCC[C@@]2(C)[C@@H]1CC[C@@H]1[C@H]3CC[C@@](C#N)(O[Si](C)(C)C)[C@@]3(C)CC[C@@H]12. The predicted molar refractivity (Wildman–Crippen MR) is 120 cm³/mol. The maximum absolute atomic E-state index is 12.5. The van der Waals surface area contributed by atoms with E-state index < -0.39 is 13.9 Å². The zero-order valence-electron chi connectivity index (χ0n) is 19.9. The van der Waals surface area contributed by atoms with Crippen molar-refractivity contribution in [3.05, 3.63) is 0 Å². The molecule has 5 heteroatoms. The van der Waals surface area contributed by atoms with Gasteiger partial charge in [0.05, 0.1) is 19.1 Å². The minimum Gasteiger partial charge on any atom is -0.469 e. The molecule has 0 spiro atoms. The Morgan fingerprint density at radius 1 is 0.967 bits per heavy atom. The van der Waals surface area contributed by atoms with Crippen molar-refractivity contribution in [1.29, 1.82) is 5.26 Å². The van der Waals surface area contributed by atoms with Crippen LogP contribution in [0.15, 0.2) is 0 Å². The second kappa shape index (κ2) is 7.34. The molecule has 0 amide bonds. The van der Waals surface area contributed by atoms with E-state index in [1.165, 1.54) is 19.3 Å². The van der Waals surface area contributed by atoms with E-state index >= 15 is 0 Å². The number of carbonyl (C=O) groups is 1. The van der Waals surface area contributed by atoms with Crippen LogP contribution in [0.25, 0.3) is 0 Å². The van der Waals surface area contributed by atoms with Gasteiger partial charge in [-0.1, -0.05) is 20.3 Å². The molecule has 4 rings (SSSR count). The summed E-state index contributed by atoms with van der Waals surface area (Å²) >= 11 is 0. The Balaban J connectivity index is 1.64. The minimum atomic E-state index is -1.83. The van der Waals surface area contributed by atoms with Crippen molar-refractivity contribution in [1.82, 2.24) is 0 Å². The van der Waals surface area contributed by atoms with Crippen molar-refractivity contribution in [2.45, 2.75) is 96.9 Å². The Kier molecular flexibility index (Phi) is 5.46. The molecule has 0 aliphatic heterocycles. The van der Waals surface area contributed by atoms with E-state index in [1.54, 1.807) is 7.11 Å². The van der Waals surface area contributed by atoms with Gasteiger partial charge in [-0.05, 0) is 100 Å². The molecule has 0 radical (unpaired) electrons. The Hall–Kier alpha value is -0.863. The first-order valence-corrected chi connectivity index (χ1v) is 15.6. The number of fused-ring (bicyclic) bond motifs is 5. The number of methoxy groups -OCH3 is 1. The van der Waals surface area contributed by atoms with Gasteiger partial charge in [0.25, 0.3) is 0 Å². The van der Waals surface area contributed by atoms with Crippen molar-refractivity contribution >= 4 is 14.3 Å². The zero-order chi connectivity index (χ0) is 21.9. The fraction of sp³-hybridized carbons (Fsp3) is 0.920. The average Bonchev–Trinajstić information content (AvgIpc) is 2.97. The van der Waals surface area contributed by atoms with Gasteiger partial charge in [-0.25, -0.2) is 0 Å². The molecule has 4 saturated carbocycles. The molecule has 0 aromatic heterocycles. The molecule has 30 heavy (non-hydrogen) atoms. The molecule has 168 valence electrons. The largest absolute Gasteiger partial charge is 0.469 e. The van der Waals surface area contributed by atoms with Crippen LogP contribution >= 0.6 is 0 Å². The quantitative estimate of drug-likeness (QED) is 0.410. The smallest absolute Gasteiger partial charge is 0.308 e. The summed E-state index contributed by atoms with van der Waals surface area (Å²) in [4.78, 5) is 12.5. The van der Waals surface area contributed by atoms with Gasteiger partial charge < -0.3 is 9.16 Å². The highest BCUT2D eigenvalue weighted by Crippen LogP contribution is 2.69. The maximum atomic E-state index is 12.5. The molecule has 0 aromatic rings. The molecule has 4 aliphatic carbocycles. The first-order chi connectivity index (χ1) is 14.0. The van der Waals surface area contributed by atoms with Crippen LogP contribution < -0.4 is 0 Å². The Morgan fingerprint density at radius 2 is 1.67 bits per heavy atom. The van der Waals surface area contributed by atoms with Crippen molar-refractivity contribution in [3.63, 3.8) is 0 Å². The van der Waals surface area contributed by atoms with Gasteiger partial charge in [-0.15, -0.1) is 0 Å². The van der Waals surface area contributed by atoms with Crippen LogP contribution in [-0.2, 0) is 14.0 Å². The van der Waals surface area contributed by atoms with Crippen LogP contribution in [0.3, 0.4) is 0 Å². The van der Waals surface area contributed by atoms with E-state index in [2.05, 4.69) is 39.6 Å². The number of hydrogen-bond donors (Lipinski definition) is 0. The van der Waals surface area contributed by atoms with Gasteiger partial charge >= 0.3 is 5.97 Å². The van der Waals surface area contributed by atoms with E-state index in [4.69, 9.17) is 9.16 Å². The van der Waals surface area contributed by atoms with Crippen molar-refractivity contribution in [3.8, 4) is 6.07 Å². The Labute approximate surface area is 184 Å². The zero-order valence-corrected chi connectivity index (χ0v) is 20.9. The van der Waals surface area contributed by atoms with Gasteiger partial charge in [0.2, 0.25) is 0 Å². The third-order valence-corrected chi connectivity index (χ3v) is 10.9. The Bertz CT molecular complexity index is 742. The topological polar surface area (TPSA) is 59.3 Å². The van der Waals surface area contributed by atoms with Gasteiger partial charge in [0.1, 0.15) is 5.60 Å². The summed E-state index contributed by atoms with van der Waals surface area (Å²) in [6, 6.07) is 2.72. The first kappa shape index (κ1) is 22.3. The standard InChI is InChI=1S/C25H41NO3Si/c1-23-13-7-8-18(22(27)28-3)19(23)10-9-17-20(23)11-14-24(2)21(17)12-15-25(24,16-26)29-30(4,5)6/h17-21H,7-15H2,1-6H3/t17-,18+,19+,20-,21+,23-,24-,25-/m0/s1. The molecule has 0 N–H and O–H groups in total. The minimum absolute atomic E-state index is 0.0120. The lowest BCUT2D eigenvalue weighted by Gasteiger charge is -2.62. The lowest BCUT2D eigenvalue weighted by Crippen LogP contribution is -2.59. The predicted octanol–water partition coefficient (Wildman–Crippen LogP) is 5.93. The summed E-state index contributed by atoms with van der Waals surface area (Å²) < 4.78 is 11.9. The first-order valence-electron chi connectivity index (χ1n) is 12.2. The molecule has 4 fully saturated rings. The van der Waals surface area contributed by atoms with Crippen LogP contribution in [0.1, 0.15) is 71.6 Å². The second-order valence-corrected chi connectivity index (χ2v) is 16.7. The monoisotopic (exact) mass is 431 g/mol. The lowest BCUT2D eigenvalue weighted by molar-refractivity contribution is -0.168. The second-order valence-electron chi connectivity index (χ2n) is 12.2. The molecule has 0 heterocycles. The average molecular weight is 432 g/mol. The number of carbonyl (C=O) groups excluding carboxylic acids is 1. The van der Waals surface area contributed by atoms with Crippen molar-refractivity contribution < 1.29 is 14.0 Å². The third-order valence-electron chi connectivity index (χ3n) is 9.94. The highest BCUT2D eigenvalue weighted by Gasteiger charge is 2.67. The highest BCUT2D eigenvalue weighted by molar-refractivity contribution is 6.69.